The lowest BCUT2D eigenvalue weighted by Gasteiger charge is -2.20. The molecule has 1 aliphatic carbocycles. The molecule has 1 unspecified atom stereocenters. The highest BCUT2D eigenvalue weighted by Gasteiger charge is 2.24. The minimum absolute atomic E-state index is 0.604. The number of pyridine rings is 1. The van der Waals surface area contributed by atoms with E-state index in [9.17, 15) is 0 Å². The van der Waals surface area contributed by atoms with Gasteiger partial charge in [0.05, 0.1) is 10.7 Å². The molecule has 1 N–H and O–H groups in total. The molecule has 0 spiro atoms. The van der Waals surface area contributed by atoms with Crippen molar-refractivity contribution < 1.29 is 0 Å². The summed E-state index contributed by atoms with van der Waals surface area (Å²) in [5, 5.41) is 4.53. The maximum atomic E-state index is 4.90. The Kier molecular flexibility index (Phi) is 3.89. The van der Waals surface area contributed by atoms with Crippen molar-refractivity contribution in [2.75, 3.05) is 13.6 Å². The van der Waals surface area contributed by atoms with Gasteiger partial charge in [0.1, 0.15) is 0 Å². The molecule has 1 atom stereocenters. The third-order valence-corrected chi connectivity index (χ3v) is 4.77. The molecule has 2 aromatic rings. The molecule has 0 saturated heterocycles. The molecular formula is C15H19N3S. The third kappa shape index (κ3) is 2.85. The van der Waals surface area contributed by atoms with Crippen LogP contribution in [0.5, 0.6) is 0 Å². The van der Waals surface area contributed by atoms with Gasteiger partial charge in [0.25, 0.3) is 0 Å². The monoisotopic (exact) mass is 273 g/mol. The zero-order valence-corrected chi connectivity index (χ0v) is 12.0. The standard InChI is InChI=1S/C15H19N3S/c1-16-10-12-5-2-6-13-15(12)18-14(19-13)8-11-4-3-7-17-9-11/h3-4,7,9,12,16H,2,5-6,8,10H2,1H3. The van der Waals surface area contributed by atoms with Gasteiger partial charge in [-0.15, -0.1) is 11.3 Å². The van der Waals surface area contributed by atoms with Gasteiger partial charge in [-0.3, -0.25) is 4.98 Å². The van der Waals surface area contributed by atoms with Crippen LogP contribution in [-0.4, -0.2) is 23.6 Å². The molecule has 0 amide bonds. The fourth-order valence-electron chi connectivity index (χ4n) is 2.76. The van der Waals surface area contributed by atoms with E-state index in [1.165, 1.54) is 40.4 Å². The first kappa shape index (κ1) is 12.8. The SMILES string of the molecule is CNCC1CCCc2sc(Cc3cccnc3)nc21. The number of likely N-dealkylation sites (N-methyl/N-ethyl adjacent to an activating group) is 1. The fourth-order valence-corrected chi connectivity index (χ4v) is 3.99. The second kappa shape index (κ2) is 5.80. The van der Waals surface area contributed by atoms with E-state index in [1.54, 1.807) is 0 Å². The highest BCUT2D eigenvalue weighted by molar-refractivity contribution is 7.11. The number of nitrogens with zero attached hydrogens (tertiary/aromatic N) is 2. The Hall–Kier alpha value is -1.26. The maximum Gasteiger partial charge on any atom is 0.0975 e. The second-order valence-corrected chi connectivity index (χ2v) is 6.27. The molecule has 2 heterocycles. The Balaban J connectivity index is 1.81. The van der Waals surface area contributed by atoms with Gasteiger partial charge in [0, 0.05) is 36.2 Å². The molecule has 0 fully saturated rings. The van der Waals surface area contributed by atoms with Crippen LogP contribution in [0.3, 0.4) is 0 Å². The van der Waals surface area contributed by atoms with Crippen LogP contribution in [0.4, 0.5) is 0 Å². The summed E-state index contributed by atoms with van der Waals surface area (Å²) in [6.07, 6.45) is 8.45. The Morgan fingerprint density at radius 2 is 2.42 bits per heavy atom. The lowest BCUT2D eigenvalue weighted by atomic mass is 9.91. The summed E-state index contributed by atoms with van der Waals surface area (Å²) < 4.78 is 0. The predicted octanol–water partition coefficient (Wildman–Crippen LogP) is 2.77. The van der Waals surface area contributed by atoms with Crippen molar-refractivity contribution in [2.45, 2.75) is 31.6 Å². The maximum absolute atomic E-state index is 4.90. The molecule has 3 nitrogen and oxygen atoms in total. The van der Waals surface area contributed by atoms with Gasteiger partial charge in [-0.2, -0.15) is 0 Å². The first-order valence-corrected chi connectivity index (χ1v) is 7.70. The minimum atomic E-state index is 0.604. The number of thiazole rings is 1. The fraction of sp³-hybridized carbons (Fsp3) is 0.467. The van der Waals surface area contributed by atoms with Crippen LogP contribution in [0.15, 0.2) is 24.5 Å². The second-order valence-electron chi connectivity index (χ2n) is 5.10. The molecule has 0 radical (unpaired) electrons. The van der Waals surface area contributed by atoms with Crippen LogP contribution < -0.4 is 5.32 Å². The average Bonchev–Trinajstić information content (AvgIpc) is 2.84. The smallest absolute Gasteiger partial charge is 0.0975 e. The summed E-state index contributed by atoms with van der Waals surface area (Å²) >= 11 is 1.89. The van der Waals surface area contributed by atoms with Crippen molar-refractivity contribution in [3.05, 3.63) is 45.7 Å². The lowest BCUT2D eigenvalue weighted by molar-refractivity contribution is 0.522. The topological polar surface area (TPSA) is 37.8 Å². The summed E-state index contributed by atoms with van der Waals surface area (Å²) in [6, 6.07) is 4.12. The molecule has 3 rings (SSSR count). The van der Waals surface area contributed by atoms with Crippen molar-refractivity contribution in [1.82, 2.24) is 15.3 Å². The number of hydrogen-bond donors (Lipinski definition) is 1. The number of rotatable bonds is 4. The summed E-state index contributed by atoms with van der Waals surface area (Å²) in [4.78, 5) is 10.6. The Morgan fingerprint density at radius 1 is 1.47 bits per heavy atom. The largest absolute Gasteiger partial charge is 0.319 e. The number of aryl methyl sites for hydroxylation is 1. The molecular weight excluding hydrogens is 254 g/mol. The van der Waals surface area contributed by atoms with E-state index in [0.29, 0.717) is 5.92 Å². The zero-order valence-electron chi connectivity index (χ0n) is 11.2. The molecule has 19 heavy (non-hydrogen) atoms. The Labute approximate surface area is 118 Å². The van der Waals surface area contributed by atoms with Gasteiger partial charge >= 0.3 is 0 Å². The molecule has 0 bridgehead atoms. The van der Waals surface area contributed by atoms with Gasteiger partial charge in [-0.1, -0.05) is 6.07 Å². The highest BCUT2D eigenvalue weighted by atomic mass is 32.1. The van der Waals surface area contributed by atoms with E-state index in [2.05, 4.69) is 16.4 Å². The van der Waals surface area contributed by atoms with E-state index in [0.717, 1.165) is 13.0 Å². The van der Waals surface area contributed by atoms with Gasteiger partial charge in [0.15, 0.2) is 0 Å². The molecule has 0 aromatic carbocycles. The van der Waals surface area contributed by atoms with Crippen LogP contribution in [0.25, 0.3) is 0 Å². The summed E-state index contributed by atoms with van der Waals surface area (Å²) in [7, 11) is 2.02. The van der Waals surface area contributed by atoms with E-state index in [-0.39, 0.29) is 0 Å². The number of aromatic nitrogens is 2. The summed E-state index contributed by atoms with van der Waals surface area (Å²) in [5.41, 5.74) is 2.60. The van der Waals surface area contributed by atoms with E-state index in [4.69, 9.17) is 4.98 Å². The third-order valence-electron chi connectivity index (χ3n) is 3.64. The van der Waals surface area contributed by atoms with Crippen molar-refractivity contribution in [3.63, 3.8) is 0 Å². The molecule has 0 saturated carbocycles. The van der Waals surface area contributed by atoms with Gasteiger partial charge in [0.2, 0.25) is 0 Å². The lowest BCUT2D eigenvalue weighted by Crippen LogP contribution is -2.21. The average molecular weight is 273 g/mol. The van der Waals surface area contributed by atoms with Crippen molar-refractivity contribution >= 4 is 11.3 Å². The van der Waals surface area contributed by atoms with Crippen LogP contribution in [0.1, 0.15) is 39.9 Å². The van der Waals surface area contributed by atoms with E-state index < -0.39 is 0 Å². The van der Waals surface area contributed by atoms with Crippen LogP contribution >= 0.6 is 11.3 Å². The van der Waals surface area contributed by atoms with Crippen molar-refractivity contribution in [2.24, 2.45) is 0 Å². The number of nitrogens with one attached hydrogen (secondary N) is 1. The normalized spacial score (nSPS) is 18.3. The zero-order chi connectivity index (χ0) is 13.1. The Morgan fingerprint density at radius 3 is 3.21 bits per heavy atom. The summed E-state index contributed by atoms with van der Waals surface area (Å²) in [5.74, 6) is 0.604. The van der Waals surface area contributed by atoms with Gasteiger partial charge in [-0.25, -0.2) is 4.98 Å². The molecule has 2 aromatic heterocycles. The molecule has 1 aliphatic rings. The first-order valence-electron chi connectivity index (χ1n) is 6.89. The van der Waals surface area contributed by atoms with Crippen LogP contribution in [0.2, 0.25) is 0 Å². The number of hydrogen-bond acceptors (Lipinski definition) is 4. The number of fused-ring (bicyclic) bond motifs is 1. The highest BCUT2D eigenvalue weighted by Crippen LogP contribution is 2.34. The molecule has 0 aliphatic heterocycles. The van der Waals surface area contributed by atoms with Crippen LogP contribution in [-0.2, 0) is 12.8 Å². The quantitative estimate of drug-likeness (QED) is 0.931. The molecule has 100 valence electrons. The minimum Gasteiger partial charge on any atom is -0.319 e. The predicted molar refractivity (Wildman–Crippen MR) is 78.8 cm³/mol. The van der Waals surface area contributed by atoms with Gasteiger partial charge < -0.3 is 5.32 Å². The van der Waals surface area contributed by atoms with E-state index >= 15 is 0 Å². The van der Waals surface area contributed by atoms with Crippen LogP contribution in [0, 0.1) is 0 Å². The summed E-state index contributed by atoms with van der Waals surface area (Å²) in [6.45, 7) is 1.04. The van der Waals surface area contributed by atoms with Gasteiger partial charge in [-0.05, 0) is 37.9 Å². The first-order chi connectivity index (χ1) is 9.36. The van der Waals surface area contributed by atoms with Crippen molar-refractivity contribution in [1.29, 1.82) is 0 Å². The van der Waals surface area contributed by atoms with E-state index in [1.807, 2.05) is 36.8 Å². The Bertz CT molecular complexity index is 536. The molecule has 4 heteroatoms. The van der Waals surface area contributed by atoms with Crippen molar-refractivity contribution in [3.8, 4) is 0 Å².